The summed E-state index contributed by atoms with van der Waals surface area (Å²) in [6, 6.07) is 0. The van der Waals surface area contributed by atoms with E-state index >= 15 is 0 Å². The van der Waals surface area contributed by atoms with E-state index in [1.54, 1.807) is 0 Å². The van der Waals surface area contributed by atoms with Gasteiger partial charge in [0.15, 0.2) is 5.17 Å². The van der Waals surface area contributed by atoms with Crippen molar-refractivity contribution in [3.05, 3.63) is 0 Å². The first-order valence-corrected chi connectivity index (χ1v) is 3.41. The van der Waals surface area contributed by atoms with Gasteiger partial charge in [0, 0.05) is 0 Å². The van der Waals surface area contributed by atoms with E-state index < -0.39 is 6.09 Å². The van der Waals surface area contributed by atoms with E-state index in [-0.39, 0.29) is 16.8 Å². The van der Waals surface area contributed by atoms with Crippen molar-refractivity contribution in [3.8, 4) is 0 Å². The largest absolute Gasteiger partial charge is 0.463 e. The summed E-state index contributed by atoms with van der Waals surface area (Å²) in [5.74, 6) is 0.0524. The summed E-state index contributed by atoms with van der Waals surface area (Å²) in [7, 11) is 0. The third-order valence-electron chi connectivity index (χ3n) is 0.784. The van der Waals surface area contributed by atoms with Crippen LogP contribution < -0.4 is 5.32 Å². The highest BCUT2D eigenvalue weighted by Crippen LogP contribution is 2.07. The number of amidine groups is 1. The Morgan fingerprint density at radius 2 is 2.50 bits per heavy atom. The molecule has 0 spiro atoms. The quantitative estimate of drug-likeness (QED) is 0.518. The van der Waals surface area contributed by atoms with Gasteiger partial charge < -0.3 is 10.4 Å². The zero-order chi connectivity index (χ0) is 7.56. The Kier molecular flexibility index (Phi) is 1.91. The summed E-state index contributed by atoms with van der Waals surface area (Å²) in [5.41, 5.74) is 0. The minimum Gasteiger partial charge on any atom is -0.463 e. The molecular formula is C4H4N2O3S. The first kappa shape index (κ1) is 7.07. The van der Waals surface area contributed by atoms with Gasteiger partial charge in [0.2, 0.25) is 5.91 Å². The summed E-state index contributed by atoms with van der Waals surface area (Å²) in [4.78, 5) is 23.4. The van der Waals surface area contributed by atoms with E-state index in [1.165, 1.54) is 0 Å². The molecule has 2 amide bonds. The van der Waals surface area contributed by atoms with Crippen LogP contribution in [0.15, 0.2) is 4.99 Å². The van der Waals surface area contributed by atoms with Crippen LogP contribution in [0.25, 0.3) is 0 Å². The highest BCUT2D eigenvalue weighted by Gasteiger charge is 2.16. The fourth-order valence-corrected chi connectivity index (χ4v) is 1.14. The first-order valence-electron chi connectivity index (χ1n) is 2.43. The lowest BCUT2D eigenvalue weighted by molar-refractivity contribution is -0.116. The molecule has 1 aliphatic rings. The molecule has 2 N–H and O–H groups in total. The molecule has 0 bridgehead atoms. The number of hydrogen-bond acceptors (Lipinski definition) is 3. The van der Waals surface area contributed by atoms with Crippen molar-refractivity contribution in [2.45, 2.75) is 0 Å². The number of nitrogens with zero attached hydrogens (tertiary/aromatic N) is 1. The average Bonchev–Trinajstić information content (AvgIpc) is 2.13. The summed E-state index contributed by atoms with van der Waals surface area (Å²) in [6.07, 6.45) is -1.29. The molecule has 1 saturated heterocycles. The Morgan fingerprint density at radius 3 is 2.90 bits per heavy atom. The Morgan fingerprint density at radius 1 is 1.80 bits per heavy atom. The molecule has 5 nitrogen and oxygen atoms in total. The zero-order valence-corrected chi connectivity index (χ0v) is 5.64. The second kappa shape index (κ2) is 2.70. The van der Waals surface area contributed by atoms with Gasteiger partial charge >= 0.3 is 6.09 Å². The Balaban J connectivity index is 2.59. The van der Waals surface area contributed by atoms with Crippen LogP contribution in [-0.2, 0) is 4.79 Å². The minimum atomic E-state index is -1.29. The monoisotopic (exact) mass is 160 g/mol. The van der Waals surface area contributed by atoms with Crippen LogP contribution in [0.3, 0.4) is 0 Å². The maximum absolute atomic E-state index is 10.4. The average molecular weight is 160 g/mol. The lowest BCUT2D eigenvalue weighted by atomic mass is 10.7. The van der Waals surface area contributed by atoms with Gasteiger partial charge in [-0.3, -0.25) is 4.79 Å². The summed E-state index contributed by atoms with van der Waals surface area (Å²) >= 11 is 1.09. The summed E-state index contributed by atoms with van der Waals surface area (Å²) in [6.45, 7) is 0. The smallest absolute Gasteiger partial charge is 0.433 e. The van der Waals surface area contributed by atoms with Crippen LogP contribution >= 0.6 is 11.8 Å². The summed E-state index contributed by atoms with van der Waals surface area (Å²) in [5, 5.41) is 10.6. The van der Waals surface area contributed by atoms with Crippen LogP contribution in [0, 0.1) is 0 Å². The van der Waals surface area contributed by atoms with E-state index in [0.29, 0.717) is 0 Å². The van der Waals surface area contributed by atoms with E-state index in [2.05, 4.69) is 10.3 Å². The maximum atomic E-state index is 10.4. The standard InChI is InChI=1S/C4H4N2O3S/c7-2-1-10-3(5-2)6-4(8)9/h1H2,(H,8,9)(H,5,6,7). The minimum absolute atomic E-state index is 0.164. The molecular weight excluding hydrogens is 156 g/mol. The number of amides is 2. The van der Waals surface area contributed by atoms with Gasteiger partial charge in [0.05, 0.1) is 5.75 Å². The van der Waals surface area contributed by atoms with Crippen molar-refractivity contribution in [2.24, 2.45) is 4.99 Å². The number of rotatable bonds is 0. The number of aliphatic imine (C=N–C) groups is 1. The molecule has 6 heteroatoms. The lowest BCUT2D eigenvalue weighted by Crippen LogP contribution is -2.20. The van der Waals surface area contributed by atoms with Crippen LogP contribution in [0.5, 0.6) is 0 Å². The maximum Gasteiger partial charge on any atom is 0.433 e. The third-order valence-corrected chi connectivity index (χ3v) is 1.66. The fourth-order valence-electron chi connectivity index (χ4n) is 0.472. The SMILES string of the molecule is O=C(O)N=C1NC(=O)CS1. The number of carboxylic acid groups (broad SMARTS) is 1. The van der Waals surface area contributed by atoms with Crippen LogP contribution in [-0.4, -0.2) is 28.0 Å². The van der Waals surface area contributed by atoms with Gasteiger partial charge in [-0.2, -0.15) is 4.99 Å². The van der Waals surface area contributed by atoms with Gasteiger partial charge in [-0.25, -0.2) is 4.79 Å². The summed E-state index contributed by atoms with van der Waals surface area (Å²) < 4.78 is 0. The van der Waals surface area contributed by atoms with Crippen LogP contribution in [0.2, 0.25) is 0 Å². The number of nitrogens with one attached hydrogen (secondary N) is 1. The molecule has 1 heterocycles. The Bertz CT molecular complexity index is 213. The third kappa shape index (κ3) is 1.73. The molecule has 0 unspecified atom stereocenters. The topological polar surface area (TPSA) is 78.8 Å². The van der Waals surface area contributed by atoms with Crippen molar-refractivity contribution >= 4 is 28.9 Å². The fraction of sp³-hybridized carbons (Fsp3) is 0.250. The number of carbonyl (C=O) groups excluding carboxylic acids is 1. The highest BCUT2D eigenvalue weighted by atomic mass is 32.2. The van der Waals surface area contributed by atoms with Gasteiger partial charge in [-0.15, -0.1) is 0 Å². The Hall–Kier alpha value is -1.04. The molecule has 0 aromatic heterocycles. The van der Waals surface area contributed by atoms with Gasteiger partial charge in [-0.05, 0) is 0 Å². The molecule has 0 aromatic carbocycles. The van der Waals surface area contributed by atoms with Gasteiger partial charge in [0.1, 0.15) is 0 Å². The predicted octanol–water partition coefficient (Wildman–Crippen LogP) is -0.117. The Labute approximate surface area is 60.5 Å². The number of hydrogen-bond donors (Lipinski definition) is 2. The lowest BCUT2D eigenvalue weighted by Gasteiger charge is -1.88. The van der Waals surface area contributed by atoms with Gasteiger partial charge in [0.25, 0.3) is 0 Å². The van der Waals surface area contributed by atoms with Crippen molar-refractivity contribution in [1.29, 1.82) is 0 Å². The molecule has 0 saturated carbocycles. The molecule has 0 radical (unpaired) electrons. The zero-order valence-electron chi connectivity index (χ0n) is 4.83. The van der Waals surface area contributed by atoms with Crippen molar-refractivity contribution in [3.63, 3.8) is 0 Å². The molecule has 1 fully saturated rings. The predicted molar refractivity (Wildman–Crippen MR) is 36.1 cm³/mol. The van der Waals surface area contributed by atoms with E-state index in [4.69, 9.17) is 5.11 Å². The van der Waals surface area contributed by atoms with Crippen molar-refractivity contribution in [2.75, 3.05) is 5.75 Å². The van der Waals surface area contributed by atoms with Crippen LogP contribution in [0.4, 0.5) is 4.79 Å². The van der Waals surface area contributed by atoms with Crippen LogP contribution in [0.1, 0.15) is 0 Å². The molecule has 10 heavy (non-hydrogen) atoms. The van der Waals surface area contributed by atoms with E-state index in [1.807, 2.05) is 0 Å². The van der Waals surface area contributed by atoms with Gasteiger partial charge in [-0.1, -0.05) is 11.8 Å². The molecule has 1 rings (SSSR count). The van der Waals surface area contributed by atoms with Crippen molar-refractivity contribution < 1.29 is 14.7 Å². The van der Waals surface area contributed by atoms with Crippen molar-refractivity contribution in [1.82, 2.24) is 5.32 Å². The molecule has 0 atom stereocenters. The second-order valence-electron chi connectivity index (χ2n) is 1.54. The number of carbonyl (C=O) groups is 2. The molecule has 0 aliphatic carbocycles. The highest BCUT2D eigenvalue weighted by molar-refractivity contribution is 8.15. The van der Waals surface area contributed by atoms with E-state index in [0.717, 1.165) is 11.8 Å². The number of thioether (sulfide) groups is 1. The second-order valence-corrected chi connectivity index (χ2v) is 2.50. The normalized spacial score (nSPS) is 21.2. The first-order chi connectivity index (χ1) is 4.68. The van der Waals surface area contributed by atoms with E-state index in [9.17, 15) is 9.59 Å². The molecule has 1 aliphatic heterocycles. The molecule has 0 aromatic rings. The molecule has 54 valence electrons.